The fraction of sp³-hybridized carbons (Fsp3) is 0.387. The molecule has 4 rings (SSSR count). The molecule has 0 bridgehead atoms. The van der Waals surface area contributed by atoms with Crippen LogP contribution in [0.4, 0.5) is 0 Å². The van der Waals surface area contributed by atoms with Crippen molar-refractivity contribution in [1.82, 2.24) is 4.57 Å². The van der Waals surface area contributed by atoms with Crippen LogP contribution >= 0.6 is 9.19 Å². The van der Waals surface area contributed by atoms with Gasteiger partial charge in [-0.05, 0) is 45.9 Å². The van der Waals surface area contributed by atoms with E-state index >= 15 is 0 Å². The summed E-state index contributed by atoms with van der Waals surface area (Å²) in [6.07, 6.45) is 3.84. The summed E-state index contributed by atoms with van der Waals surface area (Å²) in [6, 6.07) is 22.3. The van der Waals surface area contributed by atoms with E-state index in [0.717, 1.165) is 0 Å². The number of benzene rings is 3. The molecule has 0 saturated carbocycles. The molecule has 3 aromatic carbocycles. The van der Waals surface area contributed by atoms with Gasteiger partial charge in [-0.1, -0.05) is 116 Å². The van der Waals surface area contributed by atoms with Gasteiger partial charge in [0.25, 0.3) is 6.33 Å². The van der Waals surface area contributed by atoms with E-state index in [0.29, 0.717) is 23.7 Å². The Hall–Kier alpha value is -1.84. The molecule has 4 aromatic rings. The first-order valence-electron chi connectivity index (χ1n) is 12.5. The van der Waals surface area contributed by atoms with Crippen molar-refractivity contribution in [2.45, 2.75) is 79.1 Å². The van der Waals surface area contributed by atoms with Crippen molar-refractivity contribution in [2.24, 2.45) is 0 Å². The van der Waals surface area contributed by atoms with Crippen molar-refractivity contribution < 1.29 is 24.6 Å². The van der Waals surface area contributed by atoms with Gasteiger partial charge in [0.1, 0.15) is 0 Å². The van der Waals surface area contributed by atoms with Crippen molar-refractivity contribution in [3.63, 3.8) is 0 Å². The summed E-state index contributed by atoms with van der Waals surface area (Å²) in [4.78, 5) is 0. The minimum absolute atomic E-state index is 0.427. The maximum atomic E-state index is 4.58. The third-order valence-corrected chi connectivity index (χ3v) is 6.70. The molecule has 0 spiro atoms. The molecule has 1 aromatic heterocycles. The van der Waals surface area contributed by atoms with Gasteiger partial charge < -0.3 is 0 Å². The molecule has 0 saturated heterocycles. The zero-order valence-corrected chi connectivity index (χ0v) is 25.1. The van der Waals surface area contributed by atoms with Crippen molar-refractivity contribution >= 4 is 20.2 Å². The number of halogens is 1. The first-order chi connectivity index (χ1) is 16.7. The molecule has 0 unspecified atom stereocenters. The summed E-state index contributed by atoms with van der Waals surface area (Å²) in [5, 5.41) is 0. The molecule has 0 aliphatic carbocycles. The molecule has 0 fully saturated rings. The second-order valence-electron chi connectivity index (χ2n) is 10.4. The van der Waals surface area contributed by atoms with Gasteiger partial charge in [0.2, 0.25) is 0 Å². The number of aromatic nitrogens is 2. The van der Waals surface area contributed by atoms with Crippen LogP contribution in [0, 0.1) is 6.33 Å². The van der Waals surface area contributed by atoms with Crippen LogP contribution in [0.1, 0.15) is 101 Å². The molecule has 0 N–H and O–H groups in total. The van der Waals surface area contributed by atoms with Crippen LogP contribution in [0.2, 0.25) is 0 Å². The maximum absolute atomic E-state index is 4.58. The normalized spacial score (nSPS) is 11.6. The standard InChI is InChI=1S/C31H38N2.Au.ClH/c1-20(2)24-13-11-14-25(21(3)4)30(24)32-19-33(29-18-10-9-17-28(29)32)31-26(22(5)6)15-12-16-27(31)23(7)8;;/h9-18,20-23H,1-8H3;;1H/q;+1;/p-1. The van der Waals surface area contributed by atoms with E-state index < -0.39 is 0 Å². The van der Waals surface area contributed by atoms with Crippen LogP contribution < -0.4 is 4.57 Å². The van der Waals surface area contributed by atoms with E-state index in [2.05, 4.69) is 141 Å². The first kappa shape index (κ1) is 27.7. The number of hydrogen-bond acceptors (Lipinski definition) is 0. The predicted octanol–water partition coefficient (Wildman–Crippen LogP) is 8.89. The summed E-state index contributed by atoms with van der Waals surface area (Å²) in [7, 11) is 4.58. The fourth-order valence-corrected chi connectivity index (χ4v) is 4.93. The number of imidazole rings is 1. The van der Waals surface area contributed by atoms with Gasteiger partial charge in [0, 0.05) is 0 Å². The second kappa shape index (κ2) is 11.9. The van der Waals surface area contributed by atoms with E-state index in [1.165, 1.54) is 44.7 Å². The molecule has 1 heterocycles. The summed E-state index contributed by atoms with van der Waals surface area (Å²) in [6.45, 7) is 18.3. The molecule has 190 valence electrons. The first-order valence-corrected chi connectivity index (χ1v) is 15.2. The summed E-state index contributed by atoms with van der Waals surface area (Å²) in [5.74, 6) is 1.71. The number of nitrogens with zero attached hydrogens (tertiary/aromatic N) is 2. The van der Waals surface area contributed by atoms with E-state index in [1.807, 2.05) is 0 Å². The minimum atomic E-state index is 0.427. The van der Waals surface area contributed by atoms with E-state index in [9.17, 15) is 0 Å². The second-order valence-corrected chi connectivity index (χ2v) is 10.4. The van der Waals surface area contributed by atoms with Crippen LogP contribution in [0.5, 0.6) is 0 Å². The molecule has 0 amide bonds. The molecule has 2 nitrogen and oxygen atoms in total. The molecular weight excluding hydrogens is 633 g/mol. The van der Waals surface area contributed by atoms with Crippen molar-refractivity contribution in [3.05, 3.63) is 89.2 Å². The monoisotopic (exact) mass is 670 g/mol. The topological polar surface area (TPSA) is 8.81 Å². The van der Waals surface area contributed by atoms with E-state index in [-0.39, 0.29) is 0 Å². The molecule has 0 aliphatic rings. The van der Waals surface area contributed by atoms with Crippen LogP contribution in [0.25, 0.3) is 22.4 Å². The van der Waals surface area contributed by atoms with Gasteiger partial charge in [-0.25, -0.2) is 0 Å². The zero-order valence-electron chi connectivity index (χ0n) is 22.2. The summed E-state index contributed by atoms with van der Waals surface area (Å²) < 4.78 is 4.64. The van der Waals surface area contributed by atoms with Crippen LogP contribution in [0.3, 0.4) is 0 Å². The van der Waals surface area contributed by atoms with Gasteiger partial charge in [-0.2, -0.15) is 0 Å². The number of hydrogen-bond donors (Lipinski definition) is 0. The van der Waals surface area contributed by atoms with Gasteiger partial charge in [-0.3, -0.25) is 9.13 Å². The van der Waals surface area contributed by atoms with Gasteiger partial charge in [0.15, 0.2) is 0 Å². The third kappa shape index (κ3) is 5.47. The quantitative estimate of drug-likeness (QED) is 0.110. The molecular formula is C31H38AuClN2. The van der Waals surface area contributed by atoms with Gasteiger partial charge in [0.05, 0.1) is 22.4 Å². The average Bonchev–Trinajstić information content (AvgIpc) is 3.23. The molecule has 0 aliphatic heterocycles. The Morgan fingerprint density at radius 3 is 1.51 bits per heavy atom. The Labute approximate surface area is 228 Å². The number of rotatable bonds is 6. The van der Waals surface area contributed by atoms with Crippen LogP contribution in [-0.4, -0.2) is 4.57 Å². The van der Waals surface area contributed by atoms with Gasteiger partial charge in [-0.15, -0.1) is 0 Å². The Morgan fingerprint density at radius 1 is 0.629 bits per heavy atom. The Bertz CT molecular complexity index is 1130. The van der Waals surface area contributed by atoms with E-state index in [1.54, 1.807) is 20.0 Å². The zero-order chi connectivity index (χ0) is 25.9. The van der Waals surface area contributed by atoms with Crippen LogP contribution in [-0.2, 0) is 20.0 Å². The molecule has 35 heavy (non-hydrogen) atoms. The predicted molar refractivity (Wildman–Crippen MR) is 146 cm³/mol. The number of fused-ring (bicyclic) bond motifs is 1. The molecule has 0 radical (unpaired) electrons. The fourth-order valence-electron chi connectivity index (χ4n) is 4.93. The van der Waals surface area contributed by atoms with Crippen LogP contribution in [0.15, 0.2) is 60.7 Å². The van der Waals surface area contributed by atoms with Crippen molar-refractivity contribution in [1.29, 1.82) is 0 Å². The molecule has 0 atom stereocenters. The van der Waals surface area contributed by atoms with Gasteiger partial charge >= 0.3 is 29.2 Å². The van der Waals surface area contributed by atoms with E-state index in [4.69, 9.17) is 0 Å². The SMILES string of the molecule is CC(C)c1cccc(C(C)C)c1-n1[c-][n+](-c2c(C(C)C)cccc2C(C)C)c2ccccc21.[Cl][Au]. The van der Waals surface area contributed by atoms with Crippen molar-refractivity contribution in [2.75, 3.05) is 0 Å². The average molecular weight is 671 g/mol. The van der Waals surface area contributed by atoms with Crippen molar-refractivity contribution in [3.8, 4) is 11.4 Å². The number of para-hydroxylation sites is 4. The Balaban J connectivity index is 0.00000167. The third-order valence-electron chi connectivity index (χ3n) is 6.70. The Kier molecular flexibility index (Phi) is 9.46. The summed E-state index contributed by atoms with van der Waals surface area (Å²) >= 11 is 1.75. The Morgan fingerprint density at radius 2 is 1.06 bits per heavy atom. The summed E-state index contributed by atoms with van der Waals surface area (Å²) in [5.41, 5.74) is 10.4. The molecule has 4 heteroatoms.